The van der Waals surface area contributed by atoms with E-state index in [-0.39, 0.29) is 5.91 Å². The van der Waals surface area contributed by atoms with E-state index in [9.17, 15) is 4.79 Å². The van der Waals surface area contributed by atoms with Gasteiger partial charge in [-0.25, -0.2) is 4.98 Å². The van der Waals surface area contributed by atoms with Gasteiger partial charge in [-0.3, -0.25) is 4.79 Å². The van der Waals surface area contributed by atoms with Crippen LogP contribution in [0.15, 0.2) is 59.5 Å². The molecule has 3 rings (SSSR count). The molecule has 0 spiro atoms. The van der Waals surface area contributed by atoms with Gasteiger partial charge < -0.3 is 14.5 Å². The molecular weight excluding hydrogens is 363 g/mol. The Bertz CT molecular complexity index is 865. The summed E-state index contributed by atoms with van der Waals surface area (Å²) in [5.74, 6) is 0.764. The topological polar surface area (TPSA) is 64.4 Å². The molecule has 5 nitrogen and oxygen atoms in total. The number of amides is 1. The van der Waals surface area contributed by atoms with Crippen LogP contribution >= 0.6 is 23.2 Å². The van der Waals surface area contributed by atoms with Crippen molar-refractivity contribution in [3.63, 3.8) is 0 Å². The summed E-state index contributed by atoms with van der Waals surface area (Å²) in [4.78, 5) is 16.1. The van der Waals surface area contributed by atoms with Gasteiger partial charge in [0.25, 0.3) is 5.91 Å². The van der Waals surface area contributed by atoms with Crippen molar-refractivity contribution in [3.05, 3.63) is 65.1 Å². The molecule has 0 fully saturated rings. The maximum atomic E-state index is 12.3. The van der Waals surface area contributed by atoms with Crippen molar-refractivity contribution < 1.29 is 13.9 Å². The van der Waals surface area contributed by atoms with Crippen LogP contribution in [0.2, 0.25) is 10.0 Å². The largest absolute Gasteiger partial charge is 0.479 e. The first kappa shape index (κ1) is 17.3. The summed E-state index contributed by atoms with van der Waals surface area (Å²) in [6.07, 6.45) is 2.26. The van der Waals surface area contributed by atoms with Gasteiger partial charge in [0, 0.05) is 16.3 Å². The Kier molecular flexibility index (Phi) is 5.26. The predicted molar refractivity (Wildman–Crippen MR) is 97.1 cm³/mol. The Hall–Kier alpha value is -2.50. The van der Waals surface area contributed by atoms with E-state index < -0.39 is 6.10 Å². The number of oxazole rings is 1. The molecule has 7 heteroatoms. The number of anilines is 1. The van der Waals surface area contributed by atoms with Gasteiger partial charge in [0.2, 0.25) is 0 Å². The zero-order valence-electron chi connectivity index (χ0n) is 13.2. The number of carbonyl (C=O) groups is 1. The average Bonchev–Trinajstić information content (AvgIpc) is 3.12. The van der Waals surface area contributed by atoms with E-state index in [1.165, 1.54) is 6.39 Å². The van der Waals surface area contributed by atoms with Crippen LogP contribution in [0, 0.1) is 0 Å². The second kappa shape index (κ2) is 7.59. The number of rotatable bonds is 5. The number of nitrogens with zero attached hydrogens (tertiary/aromatic N) is 1. The number of carbonyl (C=O) groups excluding carboxylic acids is 1. The number of halogens is 2. The molecule has 0 radical (unpaired) electrons. The lowest BCUT2D eigenvalue weighted by atomic mass is 10.1. The zero-order valence-corrected chi connectivity index (χ0v) is 14.7. The maximum absolute atomic E-state index is 12.3. The van der Waals surface area contributed by atoms with Gasteiger partial charge in [-0.2, -0.15) is 0 Å². The van der Waals surface area contributed by atoms with E-state index in [0.29, 0.717) is 27.2 Å². The fourth-order valence-corrected chi connectivity index (χ4v) is 2.59. The van der Waals surface area contributed by atoms with Crippen molar-refractivity contribution in [2.24, 2.45) is 0 Å². The molecule has 128 valence electrons. The summed E-state index contributed by atoms with van der Waals surface area (Å²) in [7, 11) is 0. The summed E-state index contributed by atoms with van der Waals surface area (Å²) in [6, 6.07) is 12.0. The van der Waals surface area contributed by atoms with Gasteiger partial charge >= 0.3 is 0 Å². The van der Waals surface area contributed by atoms with E-state index in [1.54, 1.807) is 43.5 Å². The first-order valence-electron chi connectivity index (χ1n) is 7.44. The number of hydrogen-bond donors (Lipinski definition) is 1. The minimum absolute atomic E-state index is 0.293. The van der Waals surface area contributed by atoms with E-state index in [2.05, 4.69) is 10.3 Å². The lowest BCUT2D eigenvalue weighted by Gasteiger charge is -2.16. The third kappa shape index (κ3) is 4.32. The molecule has 1 heterocycles. The van der Waals surface area contributed by atoms with Crippen LogP contribution in [-0.4, -0.2) is 17.0 Å². The molecule has 1 aromatic heterocycles. The summed E-state index contributed by atoms with van der Waals surface area (Å²) < 4.78 is 10.8. The normalized spacial score (nSPS) is 11.8. The molecule has 1 N–H and O–H groups in total. The molecule has 0 aliphatic heterocycles. The first-order valence-corrected chi connectivity index (χ1v) is 8.20. The maximum Gasteiger partial charge on any atom is 0.265 e. The first-order chi connectivity index (χ1) is 12.0. The minimum atomic E-state index is -0.729. The highest BCUT2D eigenvalue weighted by molar-refractivity contribution is 6.35. The fourth-order valence-electron chi connectivity index (χ4n) is 2.13. The van der Waals surface area contributed by atoms with E-state index in [4.69, 9.17) is 32.4 Å². The number of hydrogen-bond acceptors (Lipinski definition) is 4. The number of nitrogens with one attached hydrogen (secondary N) is 1. The SMILES string of the molecule is CC(Oc1ccc(Cl)cc1Cl)C(=O)Nc1ccc(-c2cnco2)cc1. The molecular formula is C18H14Cl2N2O3. The van der Waals surface area contributed by atoms with Crippen LogP contribution in [0.5, 0.6) is 5.75 Å². The lowest BCUT2D eigenvalue weighted by molar-refractivity contribution is -0.122. The van der Waals surface area contributed by atoms with Gasteiger partial charge in [0.05, 0.1) is 11.2 Å². The molecule has 0 aliphatic rings. The van der Waals surface area contributed by atoms with Crippen LogP contribution < -0.4 is 10.1 Å². The van der Waals surface area contributed by atoms with Crippen molar-refractivity contribution in [2.75, 3.05) is 5.32 Å². The molecule has 25 heavy (non-hydrogen) atoms. The van der Waals surface area contributed by atoms with Crippen molar-refractivity contribution in [1.82, 2.24) is 4.98 Å². The molecule has 0 bridgehead atoms. The standard InChI is InChI=1S/C18H14Cl2N2O3/c1-11(25-16-7-4-13(19)8-15(16)20)18(23)22-14-5-2-12(3-6-14)17-9-21-10-24-17/h2-11H,1H3,(H,22,23). The Morgan fingerprint density at radius 1 is 1.20 bits per heavy atom. The second-order valence-electron chi connectivity index (χ2n) is 5.27. The predicted octanol–water partition coefficient (Wildman–Crippen LogP) is 5.05. The third-order valence-corrected chi connectivity index (χ3v) is 3.97. The van der Waals surface area contributed by atoms with E-state index in [0.717, 1.165) is 5.56 Å². The summed E-state index contributed by atoms with van der Waals surface area (Å²) in [5.41, 5.74) is 1.51. The van der Waals surface area contributed by atoms with Crippen LogP contribution in [0.4, 0.5) is 5.69 Å². The smallest absolute Gasteiger partial charge is 0.265 e. The molecule has 1 amide bonds. The van der Waals surface area contributed by atoms with Crippen molar-refractivity contribution >= 4 is 34.8 Å². The van der Waals surface area contributed by atoms with Crippen LogP contribution in [0.25, 0.3) is 11.3 Å². The highest BCUT2D eigenvalue weighted by atomic mass is 35.5. The molecule has 1 atom stereocenters. The third-order valence-electron chi connectivity index (χ3n) is 3.44. The Balaban J connectivity index is 1.63. The lowest BCUT2D eigenvalue weighted by Crippen LogP contribution is -2.30. The van der Waals surface area contributed by atoms with Crippen LogP contribution in [0.3, 0.4) is 0 Å². The van der Waals surface area contributed by atoms with Crippen molar-refractivity contribution in [3.8, 4) is 17.1 Å². The minimum Gasteiger partial charge on any atom is -0.479 e. The van der Waals surface area contributed by atoms with Gasteiger partial charge in [0.15, 0.2) is 18.3 Å². The van der Waals surface area contributed by atoms with Crippen LogP contribution in [-0.2, 0) is 4.79 Å². The summed E-state index contributed by atoms with van der Waals surface area (Å²) in [6.45, 7) is 1.64. The Morgan fingerprint density at radius 2 is 1.96 bits per heavy atom. The fraction of sp³-hybridized carbons (Fsp3) is 0.111. The van der Waals surface area contributed by atoms with E-state index in [1.807, 2.05) is 12.1 Å². The van der Waals surface area contributed by atoms with Gasteiger partial charge in [-0.05, 0) is 49.4 Å². The van der Waals surface area contributed by atoms with Gasteiger partial charge in [0.1, 0.15) is 5.75 Å². The second-order valence-corrected chi connectivity index (χ2v) is 6.11. The highest BCUT2D eigenvalue weighted by Crippen LogP contribution is 2.28. The highest BCUT2D eigenvalue weighted by Gasteiger charge is 2.16. The number of benzene rings is 2. The number of ether oxygens (including phenoxy) is 1. The summed E-state index contributed by atoms with van der Waals surface area (Å²) >= 11 is 11.9. The van der Waals surface area contributed by atoms with Crippen molar-refractivity contribution in [1.29, 1.82) is 0 Å². The average molecular weight is 377 g/mol. The Morgan fingerprint density at radius 3 is 2.60 bits per heavy atom. The summed E-state index contributed by atoms with van der Waals surface area (Å²) in [5, 5.41) is 3.64. The molecule has 1 unspecified atom stereocenters. The quantitative estimate of drug-likeness (QED) is 0.676. The number of aromatic nitrogens is 1. The molecule has 0 aliphatic carbocycles. The van der Waals surface area contributed by atoms with Crippen LogP contribution in [0.1, 0.15) is 6.92 Å². The Labute approximate surface area is 154 Å². The molecule has 3 aromatic rings. The van der Waals surface area contributed by atoms with Gasteiger partial charge in [-0.15, -0.1) is 0 Å². The molecule has 0 saturated carbocycles. The molecule has 2 aromatic carbocycles. The zero-order chi connectivity index (χ0) is 17.8. The van der Waals surface area contributed by atoms with Gasteiger partial charge in [-0.1, -0.05) is 23.2 Å². The molecule has 0 saturated heterocycles. The monoisotopic (exact) mass is 376 g/mol. The van der Waals surface area contributed by atoms with Crippen molar-refractivity contribution in [2.45, 2.75) is 13.0 Å². The van der Waals surface area contributed by atoms with E-state index >= 15 is 0 Å².